The van der Waals surface area contributed by atoms with Gasteiger partial charge in [-0.3, -0.25) is 9.69 Å². The quantitative estimate of drug-likeness (QED) is 0.784. The Labute approximate surface area is 121 Å². The molecule has 0 radical (unpaired) electrons. The summed E-state index contributed by atoms with van der Waals surface area (Å²) in [5.74, 6) is -0.109. The number of amides is 3. The highest BCUT2D eigenvalue weighted by molar-refractivity contribution is 6.06. The van der Waals surface area contributed by atoms with E-state index in [1.807, 2.05) is 0 Å². The molecule has 0 aromatic heterocycles. The molecule has 2 rings (SSSR count). The minimum Gasteiger partial charge on any atom is -0.324 e. The Balaban J connectivity index is 1.75. The van der Waals surface area contributed by atoms with E-state index in [0.29, 0.717) is 12.6 Å². The van der Waals surface area contributed by atoms with Crippen LogP contribution in [0.3, 0.4) is 0 Å². The van der Waals surface area contributed by atoms with Gasteiger partial charge in [-0.1, -0.05) is 19.3 Å². The third-order valence-electron chi connectivity index (χ3n) is 4.53. The van der Waals surface area contributed by atoms with Gasteiger partial charge in [0, 0.05) is 12.6 Å². The maximum atomic E-state index is 12.0. The molecule has 114 valence electrons. The van der Waals surface area contributed by atoms with Crippen molar-refractivity contribution in [2.75, 3.05) is 20.1 Å². The molecule has 0 unspecified atom stereocenters. The van der Waals surface area contributed by atoms with E-state index >= 15 is 0 Å². The Hall–Kier alpha value is -1.10. The average Bonchev–Trinajstić information content (AvgIpc) is 2.61. The fourth-order valence-electron chi connectivity index (χ4n) is 3.20. The van der Waals surface area contributed by atoms with E-state index in [-0.39, 0.29) is 11.9 Å². The monoisotopic (exact) mass is 281 g/mol. The summed E-state index contributed by atoms with van der Waals surface area (Å²) >= 11 is 0. The van der Waals surface area contributed by atoms with Gasteiger partial charge in [-0.15, -0.1) is 0 Å². The Morgan fingerprint density at radius 3 is 2.45 bits per heavy atom. The number of hydrogen-bond donors (Lipinski definition) is 1. The minimum atomic E-state index is -0.744. The molecule has 0 atom stereocenters. The predicted molar refractivity (Wildman–Crippen MR) is 78.4 cm³/mol. The van der Waals surface area contributed by atoms with Gasteiger partial charge in [-0.05, 0) is 46.7 Å². The number of rotatable bonds is 5. The van der Waals surface area contributed by atoms with E-state index in [0.717, 1.165) is 13.0 Å². The standard InChI is InChI=1S/C15H27N3O2/c1-15(2)13(19)18(14(20)16-15)11-7-10-17(3)12-8-5-4-6-9-12/h12H,4-11H2,1-3H3,(H,16,20). The van der Waals surface area contributed by atoms with E-state index in [1.54, 1.807) is 13.8 Å². The highest BCUT2D eigenvalue weighted by Crippen LogP contribution is 2.22. The molecule has 20 heavy (non-hydrogen) atoms. The smallest absolute Gasteiger partial charge is 0.324 e. The average molecular weight is 281 g/mol. The fourth-order valence-corrected chi connectivity index (χ4v) is 3.20. The van der Waals surface area contributed by atoms with Crippen LogP contribution >= 0.6 is 0 Å². The van der Waals surface area contributed by atoms with Crippen LogP contribution in [0, 0.1) is 0 Å². The molecule has 2 aliphatic rings. The second kappa shape index (κ2) is 6.12. The maximum absolute atomic E-state index is 12.0. The topological polar surface area (TPSA) is 52.6 Å². The van der Waals surface area contributed by atoms with Crippen LogP contribution in [0.1, 0.15) is 52.4 Å². The first kappa shape index (κ1) is 15.3. The van der Waals surface area contributed by atoms with Crippen LogP contribution in [0.25, 0.3) is 0 Å². The molecule has 1 N–H and O–H groups in total. The third-order valence-corrected chi connectivity index (χ3v) is 4.53. The van der Waals surface area contributed by atoms with Crippen molar-refractivity contribution in [2.24, 2.45) is 0 Å². The Morgan fingerprint density at radius 2 is 1.90 bits per heavy atom. The second-order valence-electron chi connectivity index (χ2n) is 6.64. The molecule has 5 nitrogen and oxygen atoms in total. The summed E-state index contributed by atoms with van der Waals surface area (Å²) in [5.41, 5.74) is -0.744. The van der Waals surface area contributed by atoms with Gasteiger partial charge in [0.1, 0.15) is 5.54 Å². The number of carbonyl (C=O) groups is 2. The number of urea groups is 1. The van der Waals surface area contributed by atoms with Crippen molar-refractivity contribution < 1.29 is 9.59 Å². The van der Waals surface area contributed by atoms with Crippen LogP contribution < -0.4 is 5.32 Å². The van der Waals surface area contributed by atoms with E-state index in [2.05, 4.69) is 17.3 Å². The molecule has 0 aromatic carbocycles. The molecule has 3 amide bonds. The van der Waals surface area contributed by atoms with Crippen LogP contribution in [0.5, 0.6) is 0 Å². The summed E-state index contributed by atoms with van der Waals surface area (Å²) in [6, 6.07) is 0.434. The molecule has 1 heterocycles. The molecule has 1 saturated carbocycles. The number of nitrogens with one attached hydrogen (secondary N) is 1. The van der Waals surface area contributed by atoms with Crippen LogP contribution in [0.4, 0.5) is 4.79 Å². The van der Waals surface area contributed by atoms with Crippen LogP contribution in [0.15, 0.2) is 0 Å². The summed E-state index contributed by atoms with van der Waals surface area (Å²) in [6.45, 7) is 4.97. The largest absolute Gasteiger partial charge is 0.325 e. The van der Waals surface area contributed by atoms with Gasteiger partial charge >= 0.3 is 6.03 Å². The minimum absolute atomic E-state index is 0.109. The summed E-state index contributed by atoms with van der Waals surface area (Å²) < 4.78 is 0. The van der Waals surface area contributed by atoms with E-state index in [9.17, 15) is 9.59 Å². The first-order valence-corrected chi connectivity index (χ1v) is 7.76. The molecule has 1 saturated heterocycles. The fraction of sp³-hybridized carbons (Fsp3) is 0.867. The molecule has 1 aliphatic carbocycles. The molecule has 0 aromatic rings. The molecule has 2 fully saturated rings. The zero-order chi connectivity index (χ0) is 14.8. The van der Waals surface area contributed by atoms with Gasteiger partial charge in [-0.2, -0.15) is 0 Å². The van der Waals surface area contributed by atoms with E-state index < -0.39 is 5.54 Å². The molecule has 0 bridgehead atoms. The van der Waals surface area contributed by atoms with Gasteiger partial charge in [-0.25, -0.2) is 4.79 Å². The lowest BCUT2D eigenvalue weighted by Gasteiger charge is -2.31. The summed E-state index contributed by atoms with van der Waals surface area (Å²) in [6.07, 6.45) is 7.44. The Bertz CT molecular complexity index is 375. The Kier molecular flexibility index (Phi) is 4.68. The summed E-state index contributed by atoms with van der Waals surface area (Å²) in [7, 11) is 2.16. The summed E-state index contributed by atoms with van der Waals surface area (Å²) in [5, 5.41) is 2.72. The highest BCUT2D eigenvalue weighted by atomic mass is 16.2. The lowest BCUT2D eigenvalue weighted by Crippen LogP contribution is -2.40. The SMILES string of the molecule is CN(CCCN1C(=O)NC(C)(C)C1=O)C1CCCCC1. The highest BCUT2D eigenvalue weighted by Gasteiger charge is 2.43. The van der Waals surface area contributed by atoms with Gasteiger partial charge in [0.2, 0.25) is 0 Å². The zero-order valence-corrected chi connectivity index (χ0v) is 12.9. The molecule has 0 spiro atoms. The van der Waals surface area contributed by atoms with Gasteiger partial charge < -0.3 is 10.2 Å². The van der Waals surface area contributed by atoms with Crippen molar-refractivity contribution in [1.82, 2.24) is 15.1 Å². The van der Waals surface area contributed by atoms with Crippen molar-refractivity contribution in [3.63, 3.8) is 0 Å². The first-order chi connectivity index (χ1) is 9.42. The van der Waals surface area contributed by atoms with E-state index in [4.69, 9.17) is 0 Å². The predicted octanol–water partition coefficient (Wildman–Crippen LogP) is 1.97. The Morgan fingerprint density at radius 1 is 1.25 bits per heavy atom. The number of hydrogen-bond acceptors (Lipinski definition) is 3. The lowest BCUT2D eigenvalue weighted by molar-refractivity contribution is -0.130. The maximum Gasteiger partial charge on any atom is 0.325 e. The normalized spacial score (nSPS) is 23.5. The van der Waals surface area contributed by atoms with Gasteiger partial charge in [0.15, 0.2) is 0 Å². The van der Waals surface area contributed by atoms with Crippen molar-refractivity contribution in [1.29, 1.82) is 0 Å². The zero-order valence-electron chi connectivity index (χ0n) is 12.9. The second-order valence-corrected chi connectivity index (χ2v) is 6.64. The van der Waals surface area contributed by atoms with Gasteiger partial charge in [0.25, 0.3) is 5.91 Å². The van der Waals surface area contributed by atoms with Gasteiger partial charge in [0.05, 0.1) is 0 Å². The first-order valence-electron chi connectivity index (χ1n) is 7.76. The summed E-state index contributed by atoms with van der Waals surface area (Å²) in [4.78, 5) is 27.5. The molecular formula is C15H27N3O2. The van der Waals surface area contributed by atoms with Crippen molar-refractivity contribution in [3.05, 3.63) is 0 Å². The van der Waals surface area contributed by atoms with Crippen LogP contribution in [0.2, 0.25) is 0 Å². The molecule has 1 aliphatic heterocycles. The number of carbonyl (C=O) groups excluding carboxylic acids is 2. The molecular weight excluding hydrogens is 254 g/mol. The lowest BCUT2D eigenvalue weighted by atomic mass is 9.94. The van der Waals surface area contributed by atoms with Crippen LogP contribution in [-0.4, -0.2) is 53.5 Å². The molecule has 5 heteroatoms. The number of imide groups is 1. The number of nitrogens with zero attached hydrogens (tertiary/aromatic N) is 2. The van der Waals surface area contributed by atoms with Crippen molar-refractivity contribution in [2.45, 2.75) is 64.0 Å². The third kappa shape index (κ3) is 3.32. The van der Waals surface area contributed by atoms with E-state index in [1.165, 1.54) is 37.0 Å². The van der Waals surface area contributed by atoms with Crippen LogP contribution in [-0.2, 0) is 4.79 Å². The van der Waals surface area contributed by atoms with Crippen molar-refractivity contribution >= 4 is 11.9 Å². The van der Waals surface area contributed by atoms with Crippen molar-refractivity contribution in [3.8, 4) is 0 Å².